The molecule has 0 fully saturated rings. The minimum Gasteiger partial charge on any atom is -0.0588 e. The van der Waals surface area contributed by atoms with Gasteiger partial charge in [-0.2, -0.15) is 0 Å². The summed E-state index contributed by atoms with van der Waals surface area (Å²) in [6.07, 6.45) is 0. The van der Waals surface area contributed by atoms with Gasteiger partial charge in [0.05, 0.1) is 0 Å². The number of aryl methyl sites for hydroxylation is 1. The van der Waals surface area contributed by atoms with Crippen molar-refractivity contribution < 1.29 is 0 Å². The fourth-order valence-corrected chi connectivity index (χ4v) is 0.708. The Bertz CT molecular complexity index is 245. The number of nitrogens with zero attached hydrogens (tertiary/aromatic N) is 1. The average Bonchev–Trinajstić information content (AvgIpc) is 1.88. The van der Waals surface area contributed by atoms with Crippen LogP contribution in [-0.4, -0.2) is 0 Å². The Morgan fingerprint density at radius 1 is 1.44 bits per heavy atom. The van der Waals surface area contributed by atoms with Gasteiger partial charge in [0.25, 0.3) is 6.57 Å². The summed E-state index contributed by atoms with van der Waals surface area (Å²) in [5.74, 6) is 0. The zero-order valence-electron chi connectivity index (χ0n) is 5.33. The van der Waals surface area contributed by atoms with E-state index in [4.69, 9.17) is 6.57 Å². The highest BCUT2D eigenvalue weighted by Crippen LogP contribution is 2.11. The molecule has 0 radical (unpaired) electrons. The van der Waals surface area contributed by atoms with Crippen molar-refractivity contribution in [3.05, 3.63) is 34.7 Å². The van der Waals surface area contributed by atoms with Crippen LogP contribution in [0, 0.1) is 13.5 Å². The van der Waals surface area contributed by atoms with E-state index < -0.39 is 0 Å². The molecule has 1 rings (SSSR count). The van der Waals surface area contributed by atoms with E-state index in [1.54, 1.807) is 0 Å². The predicted octanol–water partition coefficient (Wildman–Crippen LogP) is 2.59. The summed E-state index contributed by atoms with van der Waals surface area (Å²) in [4.78, 5) is 3.53. The summed E-state index contributed by atoms with van der Waals surface area (Å²) < 4.78 is 0. The lowest BCUT2D eigenvalue weighted by molar-refractivity contribution is 1.48. The van der Waals surface area contributed by atoms with E-state index in [9.17, 15) is 0 Å². The smallest absolute Gasteiger partial charge is 0.0588 e. The molecule has 0 amide bonds. The van der Waals surface area contributed by atoms with E-state index in [1.807, 2.05) is 31.2 Å². The summed E-state index contributed by atoms with van der Waals surface area (Å²) >= 11 is 0. The van der Waals surface area contributed by atoms with Crippen LogP contribution in [0.25, 0.3) is 4.85 Å². The maximum atomic E-state index is 5.04. The average molecular weight is 118 g/mol. The van der Waals surface area contributed by atoms with E-state index in [-0.39, 0.29) is 0 Å². The Labute approximate surface area is 54.8 Å². The maximum Gasteiger partial charge on any atom is 0.340 e. The van der Waals surface area contributed by atoms with Crippen LogP contribution in [0.4, 0.5) is 5.69 Å². The van der Waals surface area contributed by atoms with Crippen molar-refractivity contribution in [2.24, 2.45) is 0 Å². The van der Waals surface area contributed by atoms with E-state index in [0.29, 0.717) is 0 Å². The van der Waals surface area contributed by atoms with Crippen LogP contribution in [-0.2, 0) is 0 Å². The van der Waals surface area contributed by atoms with Gasteiger partial charge in [-0.1, -0.05) is 12.1 Å². The van der Waals surface area contributed by atoms with E-state index in [1.165, 1.54) is 5.56 Å². The van der Waals surface area contributed by atoms with Gasteiger partial charge in [-0.3, -0.25) is 0 Å². The minimum atomic E-state index is 0.829. The second kappa shape index (κ2) is 2.32. The Hall–Kier alpha value is -1.29. The van der Waals surface area contributed by atoms with Crippen LogP contribution in [0.1, 0.15) is 5.56 Å². The number of hydrogen-bond donors (Lipinski definition) is 0. The van der Waals surface area contributed by atoms with Crippen molar-refractivity contribution in [3.63, 3.8) is 0 Å². The summed E-state index contributed by atoms with van der Waals surface area (Å²) in [5, 5.41) is 0. The SMILES string of the molecule is C#[N+]c1cccc(C)c1. The van der Waals surface area contributed by atoms with Gasteiger partial charge in [0.2, 0.25) is 0 Å². The first-order valence-corrected chi connectivity index (χ1v) is 2.80. The van der Waals surface area contributed by atoms with Gasteiger partial charge < -0.3 is 0 Å². The summed E-state index contributed by atoms with van der Waals surface area (Å²) in [5.41, 5.74) is 2.01. The minimum absolute atomic E-state index is 0.829. The van der Waals surface area contributed by atoms with Crippen molar-refractivity contribution in [2.75, 3.05) is 0 Å². The Kier molecular flexibility index (Phi) is 1.51. The molecule has 0 bridgehead atoms. The van der Waals surface area contributed by atoms with Gasteiger partial charge in [0, 0.05) is 12.1 Å². The molecule has 9 heavy (non-hydrogen) atoms. The predicted molar refractivity (Wildman–Crippen MR) is 39.1 cm³/mol. The molecule has 0 heterocycles. The van der Waals surface area contributed by atoms with Crippen molar-refractivity contribution in [3.8, 4) is 6.57 Å². The third-order valence-electron chi connectivity index (χ3n) is 1.15. The highest BCUT2D eigenvalue weighted by atomic mass is 14.6. The lowest BCUT2D eigenvalue weighted by Crippen LogP contribution is -1.65. The topological polar surface area (TPSA) is 4.36 Å². The van der Waals surface area contributed by atoms with Crippen LogP contribution in [0.3, 0.4) is 0 Å². The van der Waals surface area contributed by atoms with Gasteiger partial charge in [0.15, 0.2) is 0 Å². The second-order valence-electron chi connectivity index (χ2n) is 1.97. The number of hydrogen-bond acceptors (Lipinski definition) is 0. The zero-order chi connectivity index (χ0) is 6.69. The standard InChI is InChI=1S/C8H8N/c1-7-4-3-5-8(6-7)9-2/h2-6H,1H3/q+1. The molecule has 0 spiro atoms. The molecule has 0 aliphatic heterocycles. The molecule has 1 nitrogen and oxygen atoms in total. The Morgan fingerprint density at radius 2 is 2.22 bits per heavy atom. The molecule has 1 heteroatoms. The van der Waals surface area contributed by atoms with Gasteiger partial charge >= 0.3 is 5.69 Å². The van der Waals surface area contributed by atoms with Gasteiger partial charge in [-0.15, -0.1) is 0 Å². The molecule has 0 aliphatic carbocycles. The lowest BCUT2D eigenvalue weighted by atomic mass is 10.2. The highest BCUT2D eigenvalue weighted by molar-refractivity contribution is 5.46. The Morgan fingerprint density at radius 3 is 2.67 bits per heavy atom. The molecule has 1 aromatic carbocycles. The quantitative estimate of drug-likeness (QED) is 0.493. The molecule has 44 valence electrons. The normalized spacial score (nSPS) is 8.44. The van der Waals surface area contributed by atoms with Crippen LogP contribution < -0.4 is 0 Å². The molecule has 0 aromatic heterocycles. The molecule has 0 atom stereocenters. The monoisotopic (exact) mass is 118 g/mol. The van der Waals surface area contributed by atoms with Crippen molar-refractivity contribution in [1.82, 2.24) is 0 Å². The van der Waals surface area contributed by atoms with Gasteiger partial charge in [-0.25, -0.2) is 0 Å². The largest absolute Gasteiger partial charge is 0.340 e. The van der Waals surface area contributed by atoms with E-state index in [2.05, 4.69) is 4.85 Å². The molecular weight excluding hydrogens is 110 g/mol. The van der Waals surface area contributed by atoms with Crippen molar-refractivity contribution in [2.45, 2.75) is 6.92 Å². The van der Waals surface area contributed by atoms with Crippen LogP contribution in [0.15, 0.2) is 24.3 Å². The van der Waals surface area contributed by atoms with Crippen LogP contribution >= 0.6 is 0 Å². The first-order chi connectivity index (χ1) is 4.33. The summed E-state index contributed by atoms with van der Waals surface area (Å²) in [6, 6.07) is 7.74. The van der Waals surface area contributed by atoms with Gasteiger partial charge in [-0.05, 0) is 17.3 Å². The zero-order valence-corrected chi connectivity index (χ0v) is 5.33. The van der Waals surface area contributed by atoms with Crippen LogP contribution in [0.2, 0.25) is 0 Å². The third kappa shape index (κ3) is 1.30. The summed E-state index contributed by atoms with van der Waals surface area (Å²) in [7, 11) is 0. The lowest BCUT2D eigenvalue weighted by Gasteiger charge is -1.82. The van der Waals surface area contributed by atoms with Crippen molar-refractivity contribution in [1.29, 1.82) is 0 Å². The van der Waals surface area contributed by atoms with Gasteiger partial charge in [0.1, 0.15) is 0 Å². The Balaban J connectivity index is 3.12. The number of rotatable bonds is 0. The van der Waals surface area contributed by atoms with E-state index in [0.717, 1.165) is 5.69 Å². The fourth-order valence-electron chi connectivity index (χ4n) is 0.708. The fraction of sp³-hybridized carbons (Fsp3) is 0.125. The third-order valence-corrected chi connectivity index (χ3v) is 1.15. The molecule has 0 unspecified atom stereocenters. The van der Waals surface area contributed by atoms with E-state index >= 15 is 0 Å². The second-order valence-corrected chi connectivity index (χ2v) is 1.97. The van der Waals surface area contributed by atoms with Crippen molar-refractivity contribution >= 4 is 5.69 Å². The molecule has 0 aliphatic rings. The summed E-state index contributed by atoms with van der Waals surface area (Å²) in [6.45, 7) is 7.05. The molecule has 1 aromatic rings. The highest BCUT2D eigenvalue weighted by Gasteiger charge is 1.95. The number of benzene rings is 1. The van der Waals surface area contributed by atoms with Crippen LogP contribution in [0.5, 0.6) is 0 Å². The first kappa shape index (κ1) is 5.84. The molecular formula is C8H8N+. The molecule has 0 N–H and O–H groups in total. The molecule has 0 saturated heterocycles. The molecule has 0 saturated carbocycles. The maximum absolute atomic E-state index is 5.04. The first-order valence-electron chi connectivity index (χ1n) is 2.80.